The summed E-state index contributed by atoms with van der Waals surface area (Å²) in [5, 5.41) is 0.793. The Balaban J connectivity index is 2.46. The average molecular weight is 298 g/mol. The lowest BCUT2D eigenvalue weighted by Crippen LogP contribution is -2.13. The Hall–Kier alpha value is -1.09. The molecule has 1 nitrogen and oxygen atoms in total. The van der Waals surface area contributed by atoms with E-state index < -0.39 is 5.82 Å². The monoisotopic (exact) mass is 297 g/mol. The molecule has 0 aliphatic heterocycles. The predicted molar refractivity (Wildman–Crippen MR) is 78.4 cm³/mol. The van der Waals surface area contributed by atoms with Crippen molar-refractivity contribution in [2.45, 2.75) is 19.9 Å². The maximum Gasteiger partial charge on any atom is 0.141 e. The summed E-state index contributed by atoms with van der Waals surface area (Å²) in [6.45, 7) is 3.88. The molecule has 19 heavy (non-hydrogen) atoms. The van der Waals surface area contributed by atoms with Crippen LogP contribution in [-0.2, 0) is 0 Å². The van der Waals surface area contributed by atoms with Crippen LogP contribution in [0.5, 0.6) is 0 Å². The number of hydrogen-bond acceptors (Lipinski definition) is 1. The second-order valence-electron chi connectivity index (χ2n) is 4.61. The molecular formula is C15H14Cl2FN. The van der Waals surface area contributed by atoms with Crippen molar-refractivity contribution >= 4 is 23.2 Å². The number of hydrogen-bond donors (Lipinski definition) is 1. The van der Waals surface area contributed by atoms with E-state index >= 15 is 0 Å². The van der Waals surface area contributed by atoms with Crippen molar-refractivity contribution in [3.8, 4) is 0 Å². The third-order valence-corrected chi connectivity index (χ3v) is 3.88. The minimum Gasteiger partial charge on any atom is -0.320 e. The topological polar surface area (TPSA) is 26.0 Å². The van der Waals surface area contributed by atoms with Crippen LogP contribution in [0.25, 0.3) is 0 Å². The van der Waals surface area contributed by atoms with Crippen LogP contribution in [0.4, 0.5) is 4.39 Å². The van der Waals surface area contributed by atoms with Gasteiger partial charge in [-0.1, -0.05) is 35.3 Å². The van der Waals surface area contributed by atoms with Crippen LogP contribution in [0, 0.1) is 19.7 Å². The molecule has 4 heteroatoms. The van der Waals surface area contributed by atoms with Gasteiger partial charge in [0.05, 0.1) is 11.1 Å². The Labute approximate surface area is 122 Å². The molecule has 0 aromatic heterocycles. The fourth-order valence-electron chi connectivity index (χ4n) is 2.02. The van der Waals surface area contributed by atoms with Crippen LogP contribution in [0.2, 0.25) is 10.0 Å². The van der Waals surface area contributed by atoms with Gasteiger partial charge in [-0.15, -0.1) is 0 Å². The summed E-state index contributed by atoms with van der Waals surface area (Å²) in [5.41, 5.74) is 9.93. The predicted octanol–water partition coefficient (Wildman–Crippen LogP) is 4.80. The summed E-state index contributed by atoms with van der Waals surface area (Å²) < 4.78 is 13.2. The normalized spacial score (nSPS) is 12.5. The van der Waals surface area contributed by atoms with Gasteiger partial charge in [-0.25, -0.2) is 4.39 Å². The number of aryl methyl sites for hydroxylation is 2. The minimum absolute atomic E-state index is 0.0799. The highest BCUT2D eigenvalue weighted by Gasteiger charge is 2.14. The average Bonchev–Trinajstić information content (AvgIpc) is 2.36. The first-order chi connectivity index (χ1) is 8.90. The Morgan fingerprint density at radius 2 is 1.68 bits per heavy atom. The van der Waals surface area contributed by atoms with Crippen molar-refractivity contribution in [3.63, 3.8) is 0 Å². The minimum atomic E-state index is -0.443. The smallest absolute Gasteiger partial charge is 0.141 e. The first-order valence-corrected chi connectivity index (χ1v) is 6.63. The summed E-state index contributed by atoms with van der Waals surface area (Å²) in [5.74, 6) is -0.443. The molecule has 2 aromatic rings. The Morgan fingerprint density at radius 1 is 1.00 bits per heavy atom. The van der Waals surface area contributed by atoms with Gasteiger partial charge in [-0.2, -0.15) is 0 Å². The van der Waals surface area contributed by atoms with E-state index in [1.54, 1.807) is 12.1 Å². The van der Waals surface area contributed by atoms with Gasteiger partial charge in [0.15, 0.2) is 0 Å². The van der Waals surface area contributed by atoms with E-state index in [1.165, 1.54) is 6.07 Å². The van der Waals surface area contributed by atoms with Gasteiger partial charge in [-0.05, 0) is 54.3 Å². The Bertz CT molecular complexity index is 626. The second-order valence-corrected chi connectivity index (χ2v) is 5.42. The van der Waals surface area contributed by atoms with Crippen molar-refractivity contribution in [1.29, 1.82) is 0 Å². The lowest BCUT2D eigenvalue weighted by atomic mass is 9.94. The highest BCUT2D eigenvalue weighted by atomic mass is 35.5. The quantitative estimate of drug-likeness (QED) is 0.847. The molecule has 0 heterocycles. The summed E-state index contributed by atoms with van der Waals surface area (Å²) in [6.07, 6.45) is 0. The van der Waals surface area contributed by atoms with E-state index in [9.17, 15) is 4.39 Å². The molecule has 2 rings (SSSR count). The zero-order valence-corrected chi connectivity index (χ0v) is 12.2. The highest BCUT2D eigenvalue weighted by Crippen LogP contribution is 2.29. The molecule has 1 unspecified atom stereocenters. The number of benzene rings is 2. The maximum atomic E-state index is 13.2. The molecule has 0 radical (unpaired) electrons. The van der Waals surface area contributed by atoms with Gasteiger partial charge < -0.3 is 5.73 Å². The maximum absolute atomic E-state index is 13.2. The van der Waals surface area contributed by atoms with Crippen LogP contribution in [0.15, 0.2) is 30.3 Å². The van der Waals surface area contributed by atoms with Crippen molar-refractivity contribution in [1.82, 2.24) is 0 Å². The van der Waals surface area contributed by atoms with Gasteiger partial charge in [0, 0.05) is 5.02 Å². The van der Waals surface area contributed by atoms with Crippen molar-refractivity contribution in [2.24, 2.45) is 5.73 Å². The van der Waals surface area contributed by atoms with Crippen LogP contribution in [0.3, 0.4) is 0 Å². The Kier molecular flexibility index (Phi) is 4.14. The van der Waals surface area contributed by atoms with Gasteiger partial charge >= 0.3 is 0 Å². The third kappa shape index (κ3) is 2.92. The zero-order valence-electron chi connectivity index (χ0n) is 10.7. The number of rotatable bonds is 2. The SMILES string of the molecule is Cc1cc(C(N)c2ccc(F)c(Cl)c2)c(C)cc1Cl. The highest BCUT2D eigenvalue weighted by molar-refractivity contribution is 6.31. The Morgan fingerprint density at radius 3 is 2.32 bits per heavy atom. The zero-order chi connectivity index (χ0) is 14.2. The fourth-order valence-corrected chi connectivity index (χ4v) is 2.43. The molecule has 2 aromatic carbocycles. The molecular weight excluding hydrogens is 284 g/mol. The largest absolute Gasteiger partial charge is 0.320 e. The van der Waals surface area contributed by atoms with E-state index in [4.69, 9.17) is 28.9 Å². The van der Waals surface area contributed by atoms with Crippen LogP contribution in [0.1, 0.15) is 28.3 Å². The molecule has 0 saturated heterocycles. The lowest BCUT2D eigenvalue weighted by molar-refractivity contribution is 0.626. The number of halogens is 3. The molecule has 0 aliphatic rings. The van der Waals surface area contributed by atoms with E-state index in [-0.39, 0.29) is 11.1 Å². The summed E-state index contributed by atoms with van der Waals surface area (Å²) in [4.78, 5) is 0. The van der Waals surface area contributed by atoms with E-state index in [1.807, 2.05) is 26.0 Å². The molecule has 0 amide bonds. The van der Waals surface area contributed by atoms with Gasteiger partial charge in [-0.3, -0.25) is 0 Å². The molecule has 0 bridgehead atoms. The van der Waals surface area contributed by atoms with Gasteiger partial charge in [0.2, 0.25) is 0 Å². The molecule has 2 N–H and O–H groups in total. The van der Waals surface area contributed by atoms with Crippen LogP contribution in [-0.4, -0.2) is 0 Å². The lowest BCUT2D eigenvalue weighted by Gasteiger charge is -2.17. The van der Waals surface area contributed by atoms with E-state index in [0.717, 1.165) is 22.3 Å². The van der Waals surface area contributed by atoms with E-state index in [0.29, 0.717) is 5.02 Å². The summed E-state index contributed by atoms with van der Waals surface area (Å²) >= 11 is 11.9. The van der Waals surface area contributed by atoms with Crippen molar-refractivity contribution in [3.05, 3.63) is 68.4 Å². The molecule has 0 aliphatic carbocycles. The first kappa shape index (κ1) is 14.3. The van der Waals surface area contributed by atoms with Gasteiger partial charge in [0.25, 0.3) is 0 Å². The second kappa shape index (κ2) is 5.49. The number of nitrogens with two attached hydrogens (primary N) is 1. The first-order valence-electron chi connectivity index (χ1n) is 5.87. The standard InChI is InChI=1S/C15H14Cl2FN/c1-8-6-12(16)9(2)5-11(8)15(19)10-3-4-14(18)13(17)7-10/h3-7,15H,19H2,1-2H3. The fraction of sp³-hybridized carbons (Fsp3) is 0.200. The molecule has 0 fully saturated rings. The van der Waals surface area contributed by atoms with Crippen molar-refractivity contribution in [2.75, 3.05) is 0 Å². The van der Waals surface area contributed by atoms with Gasteiger partial charge in [0.1, 0.15) is 5.82 Å². The van der Waals surface area contributed by atoms with E-state index in [2.05, 4.69) is 0 Å². The molecule has 0 spiro atoms. The van der Waals surface area contributed by atoms with Crippen LogP contribution >= 0.6 is 23.2 Å². The third-order valence-electron chi connectivity index (χ3n) is 3.19. The molecule has 0 saturated carbocycles. The molecule has 100 valence electrons. The van der Waals surface area contributed by atoms with Crippen molar-refractivity contribution < 1.29 is 4.39 Å². The summed E-state index contributed by atoms with van der Waals surface area (Å²) in [6, 6.07) is 8.03. The summed E-state index contributed by atoms with van der Waals surface area (Å²) in [7, 11) is 0. The molecule has 1 atom stereocenters. The van der Waals surface area contributed by atoms with Crippen LogP contribution < -0.4 is 5.73 Å².